The number of nitrogens with one attached hydrogen (secondary N) is 1. The molecule has 0 aliphatic carbocycles. The molecule has 3 N–H and O–H groups in total. The summed E-state index contributed by atoms with van der Waals surface area (Å²) in [4.78, 5) is 39.0. The number of carbonyl (C=O) groups is 3. The number of anilines is 1. The first-order valence-electron chi connectivity index (χ1n) is 8.44. The number of benzene rings is 1. The van der Waals surface area contributed by atoms with Crippen molar-refractivity contribution < 1.29 is 28.6 Å². The average Bonchev–Trinajstić information content (AvgIpc) is 2.86. The van der Waals surface area contributed by atoms with Gasteiger partial charge in [0.2, 0.25) is 11.8 Å². The topological polar surface area (TPSA) is 117 Å². The lowest BCUT2D eigenvalue weighted by molar-refractivity contribution is -0.145. The molecule has 2 aliphatic rings. The molecule has 3 rings (SSSR count). The molecular weight excluding hydrogens is 432 g/mol. The molecule has 0 aromatic heterocycles. The van der Waals surface area contributed by atoms with Crippen LogP contribution >= 0.6 is 15.9 Å². The minimum atomic E-state index is -1.86. The molecule has 2 heterocycles. The molecule has 2 aliphatic heterocycles. The van der Waals surface area contributed by atoms with Gasteiger partial charge in [0.15, 0.2) is 0 Å². The van der Waals surface area contributed by atoms with Gasteiger partial charge < -0.3 is 25.3 Å². The van der Waals surface area contributed by atoms with Crippen LogP contribution in [0, 0.1) is 0 Å². The van der Waals surface area contributed by atoms with E-state index in [1.54, 1.807) is 32.0 Å². The zero-order valence-electron chi connectivity index (χ0n) is 15.7. The highest BCUT2D eigenvalue weighted by molar-refractivity contribution is 9.10. The summed E-state index contributed by atoms with van der Waals surface area (Å²) in [6.45, 7) is 4.80. The lowest BCUT2D eigenvalue weighted by Crippen LogP contribution is -2.48. The molecule has 1 unspecified atom stereocenters. The van der Waals surface area contributed by atoms with Crippen molar-refractivity contribution in [2.45, 2.75) is 32.3 Å². The summed E-state index contributed by atoms with van der Waals surface area (Å²) in [6.07, 6.45) is -0.482. The third kappa shape index (κ3) is 2.77. The maximum absolute atomic E-state index is 13.3. The number of carbonyl (C=O) groups excluding carboxylic acids is 3. The smallest absolute Gasteiger partial charge is 0.341 e. The molecule has 1 aromatic carbocycles. The number of halogens is 1. The van der Waals surface area contributed by atoms with E-state index in [4.69, 9.17) is 19.9 Å². The molecule has 0 saturated carbocycles. The minimum absolute atomic E-state index is 0.0634. The van der Waals surface area contributed by atoms with Gasteiger partial charge in [0.1, 0.15) is 22.3 Å². The predicted molar refractivity (Wildman–Crippen MR) is 103 cm³/mol. The van der Waals surface area contributed by atoms with Gasteiger partial charge >= 0.3 is 11.9 Å². The number of hydrogen-bond donors (Lipinski definition) is 2. The number of allylic oxidation sites excluding steroid dienone is 1. The first kappa shape index (κ1) is 19.9. The highest BCUT2D eigenvalue weighted by Crippen LogP contribution is 2.53. The Kier molecular flexibility index (Phi) is 4.97. The lowest BCUT2D eigenvalue weighted by Gasteiger charge is -2.35. The minimum Gasteiger partial charge on any atom is -0.466 e. The number of methoxy groups -OCH3 is 1. The fraction of sp³-hybridized carbons (Fsp3) is 0.316. The number of amides is 1. The Hall–Kier alpha value is -2.81. The van der Waals surface area contributed by atoms with Crippen molar-refractivity contribution in [3.63, 3.8) is 0 Å². The Morgan fingerprint density at radius 1 is 1.25 bits per heavy atom. The Morgan fingerprint density at radius 2 is 1.93 bits per heavy atom. The van der Waals surface area contributed by atoms with Gasteiger partial charge in [-0.1, -0.05) is 15.9 Å². The first-order chi connectivity index (χ1) is 13.1. The molecule has 1 amide bonds. The highest BCUT2D eigenvalue weighted by Gasteiger charge is 2.61. The number of ether oxygens (including phenoxy) is 3. The highest BCUT2D eigenvalue weighted by atomic mass is 79.9. The van der Waals surface area contributed by atoms with Crippen LogP contribution in [-0.2, 0) is 34.0 Å². The second-order valence-corrected chi connectivity index (χ2v) is 7.53. The van der Waals surface area contributed by atoms with Crippen LogP contribution in [0.1, 0.15) is 26.3 Å². The van der Waals surface area contributed by atoms with Crippen LogP contribution in [0.25, 0.3) is 0 Å². The van der Waals surface area contributed by atoms with Crippen molar-refractivity contribution in [2.24, 2.45) is 5.73 Å². The number of fused-ring (bicyclic) bond motifs is 2. The quantitative estimate of drug-likeness (QED) is 0.677. The molecule has 8 nitrogen and oxygen atoms in total. The standard InChI is InChI=1S/C19H19BrN2O6/c1-8(2)27-17(24)14-15(21)28-9(3)13(16(23)26-4)19(14)11-7-10(20)5-6-12(11)22-18(19)25/h5-8H,21H2,1-4H3,(H,22,25). The van der Waals surface area contributed by atoms with Gasteiger partial charge in [-0.3, -0.25) is 4.79 Å². The maximum atomic E-state index is 13.3. The predicted octanol–water partition coefficient (Wildman–Crippen LogP) is 2.24. The molecule has 148 valence electrons. The second-order valence-electron chi connectivity index (χ2n) is 6.61. The van der Waals surface area contributed by atoms with Crippen LogP contribution in [0.4, 0.5) is 5.69 Å². The summed E-state index contributed by atoms with van der Waals surface area (Å²) in [6, 6.07) is 5.03. The molecular formula is C19H19BrN2O6. The Balaban J connectivity index is 2.40. The third-order valence-corrected chi connectivity index (χ3v) is 5.02. The molecule has 1 atom stereocenters. The number of esters is 2. The van der Waals surface area contributed by atoms with Gasteiger partial charge in [0.05, 0.1) is 13.2 Å². The Morgan fingerprint density at radius 3 is 2.54 bits per heavy atom. The van der Waals surface area contributed by atoms with Crippen LogP contribution in [0.5, 0.6) is 0 Å². The zero-order valence-corrected chi connectivity index (χ0v) is 17.3. The summed E-state index contributed by atoms with van der Waals surface area (Å²) >= 11 is 3.37. The van der Waals surface area contributed by atoms with Gasteiger partial charge in [-0.2, -0.15) is 0 Å². The monoisotopic (exact) mass is 450 g/mol. The van der Waals surface area contributed by atoms with Gasteiger partial charge in [0, 0.05) is 15.7 Å². The van der Waals surface area contributed by atoms with Gasteiger partial charge in [-0.25, -0.2) is 9.59 Å². The molecule has 0 bridgehead atoms. The SMILES string of the molecule is COC(=O)C1=C(C)OC(N)=C(C(=O)OC(C)C)C12C(=O)Nc1ccc(Br)cc12. The number of nitrogens with two attached hydrogens (primary N) is 1. The van der Waals surface area contributed by atoms with E-state index in [9.17, 15) is 14.4 Å². The van der Waals surface area contributed by atoms with E-state index >= 15 is 0 Å². The van der Waals surface area contributed by atoms with Crippen LogP contribution in [-0.4, -0.2) is 31.1 Å². The van der Waals surface area contributed by atoms with Crippen molar-refractivity contribution in [1.29, 1.82) is 0 Å². The molecule has 9 heteroatoms. The summed E-state index contributed by atoms with van der Waals surface area (Å²) in [5, 5.41) is 2.72. The second kappa shape index (κ2) is 6.97. The molecule has 0 radical (unpaired) electrons. The molecule has 1 aromatic rings. The molecule has 1 spiro atoms. The van der Waals surface area contributed by atoms with E-state index in [1.807, 2.05) is 0 Å². The van der Waals surface area contributed by atoms with Gasteiger partial charge in [0.25, 0.3) is 0 Å². The van der Waals surface area contributed by atoms with E-state index in [0.717, 1.165) is 0 Å². The average molecular weight is 451 g/mol. The molecule has 28 heavy (non-hydrogen) atoms. The Bertz CT molecular complexity index is 965. The van der Waals surface area contributed by atoms with Crippen LogP contribution in [0.2, 0.25) is 0 Å². The zero-order chi connectivity index (χ0) is 20.8. The normalized spacial score (nSPS) is 20.9. The van der Waals surface area contributed by atoms with E-state index in [0.29, 0.717) is 15.7 Å². The van der Waals surface area contributed by atoms with Crippen LogP contribution < -0.4 is 11.1 Å². The van der Waals surface area contributed by atoms with E-state index in [1.165, 1.54) is 14.0 Å². The first-order valence-corrected chi connectivity index (χ1v) is 9.24. The van der Waals surface area contributed by atoms with Crippen LogP contribution in [0.15, 0.2) is 45.5 Å². The van der Waals surface area contributed by atoms with Crippen molar-refractivity contribution in [1.82, 2.24) is 0 Å². The van der Waals surface area contributed by atoms with E-state index in [-0.39, 0.29) is 22.8 Å². The number of hydrogen-bond acceptors (Lipinski definition) is 7. The largest absolute Gasteiger partial charge is 0.466 e. The van der Waals surface area contributed by atoms with Crippen molar-refractivity contribution in [3.05, 3.63) is 51.0 Å². The summed E-state index contributed by atoms with van der Waals surface area (Å²) in [5.74, 6) is -2.54. The van der Waals surface area contributed by atoms with Gasteiger partial charge in [-0.15, -0.1) is 0 Å². The molecule has 0 saturated heterocycles. The fourth-order valence-corrected chi connectivity index (χ4v) is 3.90. The Labute approximate surface area is 169 Å². The van der Waals surface area contributed by atoms with Crippen molar-refractivity contribution >= 4 is 39.5 Å². The van der Waals surface area contributed by atoms with E-state index < -0.39 is 29.4 Å². The lowest BCUT2D eigenvalue weighted by atomic mass is 9.67. The van der Waals surface area contributed by atoms with E-state index in [2.05, 4.69) is 21.2 Å². The number of rotatable bonds is 3. The van der Waals surface area contributed by atoms with Gasteiger partial charge in [-0.05, 0) is 39.0 Å². The molecule has 0 fully saturated rings. The van der Waals surface area contributed by atoms with Crippen LogP contribution in [0.3, 0.4) is 0 Å². The van der Waals surface area contributed by atoms with Crippen molar-refractivity contribution in [3.8, 4) is 0 Å². The maximum Gasteiger partial charge on any atom is 0.341 e. The summed E-state index contributed by atoms with van der Waals surface area (Å²) < 4.78 is 16.3. The summed E-state index contributed by atoms with van der Waals surface area (Å²) in [7, 11) is 1.18. The summed E-state index contributed by atoms with van der Waals surface area (Å²) in [5.41, 5.74) is 4.60. The third-order valence-electron chi connectivity index (χ3n) is 4.52. The van der Waals surface area contributed by atoms with Crippen molar-refractivity contribution in [2.75, 3.05) is 12.4 Å². The fourth-order valence-electron chi connectivity index (χ4n) is 3.54.